The van der Waals surface area contributed by atoms with Crippen LogP contribution in [0.5, 0.6) is 0 Å². The summed E-state index contributed by atoms with van der Waals surface area (Å²) >= 11 is 0. The number of hydrogen-bond acceptors (Lipinski definition) is 7. The summed E-state index contributed by atoms with van der Waals surface area (Å²) in [4.78, 5) is 42.6. The summed E-state index contributed by atoms with van der Waals surface area (Å²) in [6.45, 7) is 9.33. The van der Waals surface area contributed by atoms with Gasteiger partial charge in [0.15, 0.2) is 5.54 Å². The number of nitrogens with zero attached hydrogens (tertiary/aromatic N) is 1. The van der Waals surface area contributed by atoms with Crippen molar-refractivity contribution in [2.75, 3.05) is 13.7 Å². The third-order valence-electron chi connectivity index (χ3n) is 5.45. The number of benzene rings is 1. The van der Waals surface area contributed by atoms with E-state index in [-0.39, 0.29) is 24.7 Å². The van der Waals surface area contributed by atoms with Gasteiger partial charge in [0, 0.05) is 25.5 Å². The highest BCUT2D eigenvalue weighted by Crippen LogP contribution is 2.33. The van der Waals surface area contributed by atoms with Crippen molar-refractivity contribution in [2.45, 2.75) is 70.6 Å². The van der Waals surface area contributed by atoms with Crippen molar-refractivity contribution in [1.29, 1.82) is 0 Å². The smallest absolute Gasteiger partial charge is 0.408 e. The molecule has 176 valence electrons. The van der Waals surface area contributed by atoms with Gasteiger partial charge in [-0.3, -0.25) is 4.99 Å². The SMILES string of the molecule is COC(=O)[C@@](CC=N[C@@]1(C(C)C)CCOC1=O)(Cc1ccccc1)NC(=O)OC(C)(C)C. The van der Waals surface area contributed by atoms with Crippen LogP contribution in [0.25, 0.3) is 0 Å². The number of methoxy groups -OCH3 is 1. The molecule has 0 aromatic heterocycles. The van der Waals surface area contributed by atoms with Gasteiger partial charge in [-0.1, -0.05) is 44.2 Å². The number of ether oxygens (including phenoxy) is 3. The average Bonchev–Trinajstić information content (AvgIpc) is 3.08. The van der Waals surface area contributed by atoms with E-state index in [9.17, 15) is 14.4 Å². The number of amides is 1. The molecule has 0 spiro atoms. The van der Waals surface area contributed by atoms with Crippen molar-refractivity contribution in [3.8, 4) is 0 Å². The highest BCUT2D eigenvalue weighted by atomic mass is 16.6. The molecule has 1 aromatic carbocycles. The molecule has 1 N–H and O–H groups in total. The molecule has 1 amide bonds. The first kappa shape index (κ1) is 25.4. The number of carbonyl (C=O) groups is 3. The standard InChI is InChI=1S/C24H34N2O6/c1-17(2)24(13-15-31-20(24)28)25-14-12-23(19(27)30-6,16-18-10-8-7-9-11-18)26-21(29)32-22(3,4)5/h7-11,14,17H,12-13,15-16H2,1-6H3,(H,26,29)/t23-,24-/m1/s1. The zero-order valence-electron chi connectivity index (χ0n) is 19.8. The molecule has 32 heavy (non-hydrogen) atoms. The molecule has 8 heteroatoms. The first-order valence-electron chi connectivity index (χ1n) is 10.8. The van der Waals surface area contributed by atoms with Gasteiger partial charge >= 0.3 is 18.0 Å². The second kappa shape index (κ2) is 10.1. The fourth-order valence-corrected chi connectivity index (χ4v) is 3.69. The van der Waals surface area contributed by atoms with Gasteiger partial charge in [0.25, 0.3) is 0 Å². The predicted molar refractivity (Wildman–Crippen MR) is 121 cm³/mol. The average molecular weight is 447 g/mol. The number of rotatable bonds is 8. The highest BCUT2D eigenvalue weighted by molar-refractivity contribution is 5.90. The lowest BCUT2D eigenvalue weighted by Crippen LogP contribution is -2.58. The van der Waals surface area contributed by atoms with Crippen LogP contribution in [0, 0.1) is 5.92 Å². The van der Waals surface area contributed by atoms with E-state index in [2.05, 4.69) is 10.3 Å². The van der Waals surface area contributed by atoms with Gasteiger partial charge in [0.1, 0.15) is 11.1 Å². The van der Waals surface area contributed by atoms with E-state index in [1.54, 1.807) is 20.8 Å². The largest absolute Gasteiger partial charge is 0.467 e. The van der Waals surface area contributed by atoms with E-state index in [0.717, 1.165) is 5.56 Å². The Kier molecular flexibility index (Phi) is 8.04. The van der Waals surface area contributed by atoms with Gasteiger partial charge in [-0.25, -0.2) is 14.4 Å². The third kappa shape index (κ3) is 6.08. The van der Waals surface area contributed by atoms with Gasteiger partial charge in [0.05, 0.1) is 13.7 Å². The molecule has 1 aromatic rings. The number of aliphatic imine (C=N–C) groups is 1. The summed E-state index contributed by atoms with van der Waals surface area (Å²) < 4.78 is 15.6. The Morgan fingerprint density at radius 1 is 1.25 bits per heavy atom. The lowest BCUT2D eigenvalue weighted by atomic mass is 9.85. The van der Waals surface area contributed by atoms with Crippen molar-refractivity contribution in [2.24, 2.45) is 10.9 Å². The van der Waals surface area contributed by atoms with Crippen molar-refractivity contribution in [3.63, 3.8) is 0 Å². The molecule has 1 aliphatic rings. The van der Waals surface area contributed by atoms with Crippen LogP contribution in [0.2, 0.25) is 0 Å². The molecule has 1 aliphatic heterocycles. The Morgan fingerprint density at radius 3 is 2.41 bits per heavy atom. The maximum Gasteiger partial charge on any atom is 0.408 e. The number of alkyl carbamates (subject to hydrolysis) is 1. The van der Waals surface area contributed by atoms with Gasteiger partial charge in [-0.05, 0) is 32.3 Å². The Morgan fingerprint density at radius 2 is 1.91 bits per heavy atom. The molecule has 1 fully saturated rings. The Balaban J connectivity index is 2.41. The molecule has 0 radical (unpaired) electrons. The van der Waals surface area contributed by atoms with Gasteiger partial charge in [-0.15, -0.1) is 0 Å². The Hall–Kier alpha value is -2.90. The van der Waals surface area contributed by atoms with Crippen LogP contribution < -0.4 is 5.32 Å². The van der Waals surface area contributed by atoms with E-state index in [1.807, 2.05) is 44.2 Å². The number of hydrogen-bond donors (Lipinski definition) is 1. The third-order valence-corrected chi connectivity index (χ3v) is 5.45. The minimum absolute atomic E-state index is 0.00948. The highest BCUT2D eigenvalue weighted by Gasteiger charge is 2.47. The fourth-order valence-electron chi connectivity index (χ4n) is 3.69. The van der Waals surface area contributed by atoms with Crippen LogP contribution >= 0.6 is 0 Å². The predicted octanol–water partition coefficient (Wildman–Crippen LogP) is 3.47. The molecule has 8 nitrogen and oxygen atoms in total. The first-order valence-corrected chi connectivity index (χ1v) is 10.8. The molecule has 1 saturated heterocycles. The van der Waals surface area contributed by atoms with Gasteiger partial charge in [0.2, 0.25) is 0 Å². The number of esters is 2. The summed E-state index contributed by atoms with van der Waals surface area (Å²) in [5.41, 5.74) is -2.40. The number of cyclic esters (lactones) is 1. The van der Waals surface area contributed by atoms with E-state index >= 15 is 0 Å². The number of nitrogens with one attached hydrogen (secondary N) is 1. The quantitative estimate of drug-likeness (QED) is 0.373. The van der Waals surface area contributed by atoms with Gasteiger partial charge in [-0.2, -0.15) is 0 Å². The molecule has 1 heterocycles. The minimum Gasteiger partial charge on any atom is -0.467 e. The van der Waals surface area contributed by atoms with Crippen molar-refractivity contribution < 1.29 is 28.6 Å². The van der Waals surface area contributed by atoms with Crippen LogP contribution in [-0.4, -0.2) is 54.6 Å². The molecule has 2 atom stereocenters. The van der Waals surface area contributed by atoms with Crippen molar-refractivity contribution >= 4 is 24.2 Å². The molecule has 0 aliphatic carbocycles. The lowest BCUT2D eigenvalue weighted by Gasteiger charge is -2.32. The van der Waals surface area contributed by atoms with Crippen LogP contribution in [-0.2, 0) is 30.2 Å². The van der Waals surface area contributed by atoms with E-state index in [1.165, 1.54) is 13.3 Å². The molecule has 0 saturated carbocycles. The topological polar surface area (TPSA) is 103 Å². The van der Waals surface area contributed by atoms with E-state index in [0.29, 0.717) is 13.0 Å². The lowest BCUT2D eigenvalue weighted by molar-refractivity contribution is -0.148. The fraction of sp³-hybridized carbons (Fsp3) is 0.583. The second-order valence-corrected chi connectivity index (χ2v) is 9.34. The second-order valence-electron chi connectivity index (χ2n) is 9.34. The minimum atomic E-state index is -1.47. The molecule has 0 bridgehead atoms. The normalized spacial score (nSPS) is 20.7. The maximum atomic E-state index is 13.0. The Bertz CT molecular complexity index is 846. The summed E-state index contributed by atoms with van der Waals surface area (Å²) in [6.07, 6.45) is 1.40. The van der Waals surface area contributed by atoms with Crippen LogP contribution in [0.1, 0.15) is 53.0 Å². The molecule has 2 rings (SSSR count). The monoisotopic (exact) mass is 446 g/mol. The summed E-state index contributed by atoms with van der Waals surface area (Å²) in [6, 6.07) is 9.28. The molecule has 0 unspecified atom stereocenters. The Labute approximate surface area is 189 Å². The maximum absolute atomic E-state index is 13.0. The zero-order chi connectivity index (χ0) is 24.0. The van der Waals surface area contributed by atoms with Gasteiger partial charge < -0.3 is 19.5 Å². The molecular weight excluding hydrogens is 412 g/mol. The van der Waals surface area contributed by atoms with Crippen molar-refractivity contribution in [3.05, 3.63) is 35.9 Å². The molecular formula is C24H34N2O6. The van der Waals surface area contributed by atoms with E-state index in [4.69, 9.17) is 14.2 Å². The van der Waals surface area contributed by atoms with Crippen LogP contribution in [0.4, 0.5) is 4.79 Å². The summed E-state index contributed by atoms with van der Waals surface area (Å²) in [5.74, 6) is -1.10. The summed E-state index contributed by atoms with van der Waals surface area (Å²) in [5, 5.41) is 2.72. The zero-order valence-corrected chi connectivity index (χ0v) is 19.8. The van der Waals surface area contributed by atoms with Crippen molar-refractivity contribution in [1.82, 2.24) is 5.32 Å². The van der Waals surface area contributed by atoms with E-state index < -0.39 is 28.7 Å². The first-order chi connectivity index (χ1) is 14.9. The van der Waals surface area contributed by atoms with Crippen LogP contribution in [0.15, 0.2) is 35.3 Å². The van der Waals surface area contributed by atoms with Crippen LogP contribution in [0.3, 0.4) is 0 Å². The number of carbonyl (C=O) groups excluding carboxylic acids is 3. The summed E-state index contributed by atoms with van der Waals surface area (Å²) in [7, 11) is 1.26.